The van der Waals surface area contributed by atoms with Crippen LogP contribution in [0.3, 0.4) is 0 Å². The van der Waals surface area contributed by atoms with Gasteiger partial charge in [0.1, 0.15) is 5.01 Å². The van der Waals surface area contributed by atoms with Crippen LogP contribution in [-0.4, -0.2) is 19.8 Å². The van der Waals surface area contributed by atoms with Crippen LogP contribution in [0.25, 0.3) is 4.96 Å². The number of rotatable bonds is 3. The summed E-state index contributed by atoms with van der Waals surface area (Å²) >= 11 is 1.59. The molecular formula is C13H13N5S. The second kappa shape index (κ2) is 4.03. The summed E-state index contributed by atoms with van der Waals surface area (Å²) in [6, 6.07) is 7.91. The van der Waals surface area contributed by atoms with Crippen molar-refractivity contribution in [1.82, 2.24) is 19.8 Å². The molecule has 2 heterocycles. The molecule has 1 aliphatic carbocycles. The topological polar surface area (TPSA) is 69.1 Å². The van der Waals surface area contributed by atoms with Gasteiger partial charge in [0.15, 0.2) is 5.82 Å². The number of aromatic nitrogens is 4. The van der Waals surface area contributed by atoms with Gasteiger partial charge in [0.25, 0.3) is 0 Å². The van der Waals surface area contributed by atoms with Crippen LogP contribution < -0.4 is 5.73 Å². The summed E-state index contributed by atoms with van der Waals surface area (Å²) in [6.07, 6.45) is 3.17. The van der Waals surface area contributed by atoms with Crippen LogP contribution in [0.4, 0.5) is 5.69 Å². The number of hydrogen-bond donors (Lipinski definition) is 1. The molecule has 5 nitrogen and oxygen atoms in total. The van der Waals surface area contributed by atoms with Gasteiger partial charge in [-0.15, -0.1) is 10.2 Å². The zero-order chi connectivity index (χ0) is 12.8. The van der Waals surface area contributed by atoms with Crippen LogP contribution >= 0.6 is 11.3 Å². The molecule has 2 N–H and O–H groups in total. The highest BCUT2D eigenvalue weighted by atomic mass is 32.1. The van der Waals surface area contributed by atoms with Gasteiger partial charge in [-0.25, -0.2) is 0 Å². The van der Waals surface area contributed by atoms with Crippen LogP contribution in [-0.2, 0) is 6.42 Å². The van der Waals surface area contributed by atoms with Crippen molar-refractivity contribution < 1.29 is 0 Å². The van der Waals surface area contributed by atoms with E-state index in [4.69, 9.17) is 5.73 Å². The van der Waals surface area contributed by atoms with Crippen molar-refractivity contribution >= 4 is 22.0 Å². The number of nitrogens with two attached hydrogens (primary N) is 1. The molecule has 0 amide bonds. The zero-order valence-corrected chi connectivity index (χ0v) is 11.1. The van der Waals surface area contributed by atoms with E-state index in [1.54, 1.807) is 11.3 Å². The number of benzene rings is 1. The summed E-state index contributed by atoms with van der Waals surface area (Å²) in [5, 5.41) is 14.1. The molecule has 1 fully saturated rings. The van der Waals surface area contributed by atoms with E-state index in [2.05, 4.69) is 15.3 Å². The van der Waals surface area contributed by atoms with E-state index in [0.717, 1.165) is 33.5 Å². The summed E-state index contributed by atoms with van der Waals surface area (Å²) < 4.78 is 1.90. The van der Waals surface area contributed by atoms with Crippen molar-refractivity contribution in [1.29, 1.82) is 0 Å². The quantitative estimate of drug-likeness (QED) is 0.742. The first-order chi connectivity index (χ1) is 9.31. The molecule has 1 saturated carbocycles. The molecule has 0 spiro atoms. The monoisotopic (exact) mass is 271 g/mol. The number of para-hydroxylation sites is 1. The Balaban J connectivity index is 1.70. The van der Waals surface area contributed by atoms with E-state index >= 15 is 0 Å². The van der Waals surface area contributed by atoms with Crippen LogP contribution in [0.5, 0.6) is 0 Å². The van der Waals surface area contributed by atoms with Crippen molar-refractivity contribution in [2.45, 2.75) is 25.2 Å². The molecule has 0 aliphatic heterocycles. The minimum Gasteiger partial charge on any atom is -0.398 e. The second-order valence-electron chi connectivity index (χ2n) is 4.90. The normalized spacial score (nSPS) is 15.2. The predicted molar refractivity (Wildman–Crippen MR) is 74.3 cm³/mol. The number of fused-ring (bicyclic) bond motifs is 1. The minimum absolute atomic E-state index is 0.562. The van der Waals surface area contributed by atoms with Gasteiger partial charge in [-0.3, -0.25) is 0 Å². The molecule has 1 aromatic carbocycles. The number of anilines is 1. The Morgan fingerprint density at radius 1 is 1.26 bits per heavy atom. The van der Waals surface area contributed by atoms with Gasteiger partial charge in [-0.2, -0.15) is 9.61 Å². The highest BCUT2D eigenvalue weighted by Gasteiger charge is 2.30. The lowest BCUT2D eigenvalue weighted by atomic mass is 10.1. The van der Waals surface area contributed by atoms with E-state index in [0.29, 0.717) is 5.92 Å². The Labute approximate surface area is 114 Å². The van der Waals surface area contributed by atoms with Crippen LogP contribution in [0.15, 0.2) is 24.3 Å². The standard InChI is InChI=1S/C13H13N5S/c14-10-4-2-1-3-9(10)7-11-17-18-12(8-5-6-8)15-16-13(18)19-11/h1-4,8H,5-7,14H2. The fraction of sp³-hybridized carbons (Fsp3) is 0.308. The van der Waals surface area contributed by atoms with Gasteiger partial charge in [0, 0.05) is 18.0 Å². The van der Waals surface area contributed by atoms with Crippen LogP contribution in [0, 0.1) is 0 Å². The van der Waals surface area contributed by atoms with E-state index in [1.165, 1.54) is 12.8 Å². The minimum atomic E-state index is 0.562. The van der Waals surface area contributed by atoms with Crippen LogP contribution in [0.2, 0.25) is 0 Å². The first kappa shape index (κ1) is 10.9. The Kier molecular flexibility index (Phi) is 2.32. The fourth-order valence-electron chi connectivity index (χ4n) is 2.20. The summed E-state index contributed by atoms with van der Waals surface area (Å²) in [6.45, 7) is 0. The molecule has 19 heavy (non-hydrogen) atoms. The number of nitrogen functional groups attached to an aromatic ring is 1. The third-order valence-electron chi connectivity index (χ3n) is 3.40. The first-order valence-corrected chi connectivity index (χ1v) is 7.17. The average molecular weight is 271 g/mol. The molecule has 0 radical (unpaired) electrons. The maximum Gasteiger partial charge on any atom is 0.234 e. The molecule has 0 unspecified atom stereocenters. The summed E-state index contributed by atoms with van der Waals surface area (Å²) in [5.41, 5.74) is 7.90. The zero-order valence-electron chi connectivity index (χ0n) is 10.3. The van der Waals surface area contributed by atoms with Gasteiger partial charge in [-0.1, -0.05) is 29.5 Å². The molecule has 1 aliphatic rings. The maximum atomic E-state index is 5.97. The summed E-state index contributed by atoms with van der Waals surface area (Å²) in [5.74, 6) is 1.57. The Morgan fingerprint density at radius 2 is 2.11 bits per heavy atom. The third kappa shape index (κ3) is 1.88. The van der Waals surface area contributed by atoms with Crippen molar-refractivity contribution in [3.05, 3.63) is 40.7 Å². The number of hydrogen-bond acceptors (Lipinski definition) is 5. The van der Waals surface area contributed by atoms with E-state index in [-0.39, 0.29) is 0 Å². The second-order valence-corrected chi connectivity index (χ2v) is 5.94. The Morgan fingerprint density at radius 3 is 2.89 bits per heavy atom. The Hall–Kier alpha value is -1.95. The molecular weight excluding hydrogens is 258 g/mol. The van der Waals surface area contributed by atoms with Gasteiger partial charge >= 0.3 is 0 Å². The van der Waals surface area contributed by atoms with Crippen molar-refractivity contribution in [2.24, 2.45) is 0 Å². The van der Waals surface area contributed by atoms with E-state index in [9.17, 15) is 0 Å². The average Bonchev–Trinajstić information content (AvgIpc) is 3.05. The summed E-state index contributed by atoms with van der Waals surface area (Å²) in [7, 11) is 0. The summed E-state index contributed by atoms with van der Waals surface area (Å²) in [4.78, 5) is 0.881. The molecule has 2 aromatic heterocycles. The van der Waals surface area contributed by atoms with Gasteiger partial charge in [0.2, 0.25) is 4.96 Å². The van der Waals surface area contributed by atoms with Crippen molar-refractivity contribution in [3.63, 3.8) is 0 Å². The van der Waals surface area contributed by atoms with Gasteiger partial charge < -0.3 is 5.73 Å². The lowest BCUT2D eigenvalue weighted by Gasteiger charge is -2.01. The third-order valence-corrected chi connectivity index (χ3v) is 4.29. The first-order valence-electron chi connectivity index (χ1n) is 6.35. The SMILES string of the molecule is Nc1ccccc1Cc1nn2c(C3CC3)nnc2s1. The highest BCUT2D eigenvalue weighted by Crippen LogP contribution is 2.39. The highest BCUT2D eigenvalue weighted by molar-refractivity contribution is 7.16. The van der Waals surface area contributed by atoms with Crippen molar-refractivity contribution in [2.75, 3.05) is 5.73 Å². The lowest BCUT2D eigenvalue weighted by Crippen LogP contribution is -1.97. The predicted octanol–water partition coefficient (Wildman–Crippen LogP) is 2.24. The smallest absolute Gasteiger partial charge is 0.234 e. The fourth-order valence-corrected chi connectivity index (χ4v) is 3.06. The van der Waals surface area contributed by atoms with Gasteiger partial charge in [-0.05, 0) is 24.5 Å². The molecule has 4 rings (SSSR count). The van der Waals surface area contributed by atoms with E-state index in [1.807, 2.05) is 28.8 Å². The molecule has 96 valence electrons. The Bertz CT molecular complexity index is 740. The molecule has 3 aromatic rings. The van der Waals surface area contributed by atoms with Crippen LogP contribution in [0.1, 0.15) is 35.2 Å². The molecule has 6 heteroatoms. The van der Waals surface area contributed by atoms with E-state index < -0.39 is 0 Å². The molecule has 0 saturated heterocycles. The maximum absolute atomic E-state index is 5.97. The molecule has 0 bridgehead atoms. The van der Waals surface area contributed by atoms with Gasteiger partial charge in [0.05, 0.1) is 0 Å². The largest absolute Gasteiger partial charge is 0.398 e. The number of nitrogens with zero attached hydrogens (tertiary/aromatic N) is 4. The lowest BCUT2D eigenvalue weighted by molar-refractivity contribution is 0.809. The van der Waals surface area contributed by atoms with Crippen molar-refractivity contribution in [3.8, 4) is 0 Å². The molecule has 0 atom stereocenters.